The second kappa shape index (κ2) is 5.38. The molecular weight excluding hydrogens is 235 g/mol. The van der Waals surface area contributed by atoms with Crippen molar-refractivity contribution in [1.29, 1.82) is 0 Å². The van der Waals surface area contributed by atoms with E-state index in [1.54, 1.807) is 0 Å². The Morgan fingerprint density at radius 3 is 2.65 bits per heavy atom. The van der Waals surface area contributed by atoms with Crippen molar-refractivity contribution in [2.45, 2.75) is 18.5 Å². The first-order valence-electron chi connectivity index (χ1n) is 5.90. The number of likely N-dealkylation sites (N-methyl/N-ethyl adjacent to an activating group) is 1. The van der Waals surface area contributed by atoms with E-state index in [0.717, 1.165) is 24.3 Å². The van der Waals surface area contributed by atoms with Gasteiger partial charge in [-0.2, -0.15) is 11.8 Å². The first kappa shape index (κ1) is 12.9. The van der Waals surface area contributed by atoms with Crippen LogP contribution < -0.4 is 5.73 Å². The maximum Gasteiger partial charge on any atom is 0.123 e. The highest BCUT2D eigenvalue weighted by atomic mass is 32.2. The van der Waals surface area contributed by atoms with Gasteiger partial charge in [0, 0.05) is 24.4 Å². The fourth-order valence-electron chi connectivity index (χ4n) is 2.25. The van der Waals surface area contributed by atoms with Gasteiger partial charge in [-0.15, -0.1) is 0 Å². The molecule has 0 saturated carbocycles. The second-order valence-corrected chi connectivity index (χ2v) is 5.82. The number of nitrogens with zero attached hydrogens (tertiary/aromatic N) is 1. The molecule has 0 radical (unpaired) electrons. The van der Waals surface area contributed by atoms with Gasteiger partial charge >= 0.3 is 0 Å². The third kappa shape index (κ3) is 2.81. The van der Waals surface area contributed by atoms with Crippen LogP contribution in [0.3, 0.4) is 0 Å². The summed E-state index contributed by atoms with van der Waals surface area (Å²) in [5, 5.41) is 0. The molecule has 1 aromatic carbocycles. The maximum atomic E-state index is 12.8. The fraction of sp³-hybridized carbons (Fsp3) is 0.538. The summed E-state index contributed by atoms with van der Waals surface area (Å²) < 4.78 is 12.8. The number of benzene rings is 1. The third-order valence-corrected chi connectivity index (χ3v) is 4.84. The first-order valence-corrected chi connectivity index (χ1v) is 7.05. The lowest BCUT2D eigenvalue weighted by molar-refractivity contribution is 0.143. The van der Waals surface area contributed by atoms with Crippen LogP contribution in [0.25, 0.3) is 0 Å². The standard InChI is InChI=1S/C13H19FN2S/c1-16(13(9-15)6-7-17-10-13)8-11-2-4-12(14)5-3-11/h2-5H,6-10,15H2,1H3. The van der Waals surface area contributed by atoms with Crippen molar-refractivity contribution in [1.82, 2.24) is 4.90 Å². The van der Waals surface area contributed by atoms with E-state index in [9.17, 15) is 4.39 Å². The zero-order valence-electron chi connectivity index (χ0n) is 10.2. The van der Waals surface area contributed by atoms with Crippen LogP contribution in [0.15, 0.2) is 24.3 Å². The quantitative estimate of drug-likeness (QED) is 0.892. The molecule has 1 atom stereocenters. The van der Waals surface area contributed by atoms with Gasteiger partial charge in [-0.1, -0.05) is 12.1 Å². The zero-order valence-corrected chi connectivity index (χ0v) is 11.0. The van der Waals surface area contributed by atoms with Crippen LogP contribution in [0.2, 0.25) is 0 Å². The van der Waals surface area contributed by atoms with Gasteiger partial charge in [-0.05, 0) is 36.9 Å². The van der Waals surface area contributed by atoms with Crippen molar-refractivity contribution in [2.75, 3.05) is 25.1 Å². The lowest BCUT2D eigenvalue weighted by Gasteiger charge is -2.37. The number of halogens is 1. The molecule has 2 N–H and O–H groups in total. The Bertz CT molecular complexity index is 360. The van der Waals surface area contributed by atoms with Gasteiger partial charge in [-0.25, -0.2) is 4.39 Å². The Morgan fingerprint density at radius 2 is 2.12 bits per heavy atom. The Morgan fingerprint density at radius 1 is 1.41 bits per heavy atom. The summed E-state index contributed by atoms with van der Waals surface area (Å²) in [5.41, 5.74) is 7.19. The van der Waals surface area contributed by atoms with Gasteiger partial charge < -0.3 is 5.73 Å². The minimum absolute atomic E-state index is 0.124. The molecule has 1 unspecified atom stereocenters. The summed E-state index contributed by atoms with van der Waals surface area (Å²) in [7, 11) is 2.11. The second-order valence-electron chi connectivity index (χ2n) is 4.71. The van der Waals surface area contributed by atoms with E-state index in [1.807, 2.05) is 23.9 Å². The van der Waals surface area contributed by atoms with Gasteiger partial charge in [0.1, 0.15) is 5.82 Å². The van der Waals surface area contributed by atoms with Crippen molar-refractivity contribution in [3.05, 3.63) is 35.6 Å². The summed E-state index contributed by atoms with van der Waals surface area (Å²) >= 11 is 1.97. The van der Waals surface area contributed by atoms with Crippen molar-refractivity contribution >= 4 is 11.8 Å². The van der Waals surface area contributed by atoms with Crippen LogP contribution in [-0.2, 0) is 6.54 Å². The number of hydrogen-bond donors (Lipinski definition) is 1. The van der Waals surface area contributed by atoms with Crippen LogP contribution in [0.1, 0.15) is 12.0 Å². The van der Waals surface area contributed by atoms with Crippen LogP contribution in [0, 0.1) is 5.82 Å². The van der Waals surface area contributed by atoms with E-state index < -0.39 is 0 Å². The predicted octanol–water partition coefficient (Wildman–Crippen LogP) is 2.09. The molecule has 2 nitrogen and oxygen atoms in total. The van der Waals surface area contributed by atoms with Gasteiger partial charge in [0.05, 0.1) is 0 Å². The molecule has 1 heterocycles. The van der Waals surface area contributed by atoms with E-state index >= 15 is 0 Å². The lowest BCUT2D eigenvalue weighted by Crippen LogP contribution is -2.51. The topological polar surface area (TPSA) is 29.3 Å². The normalized spacial score (nSPS) is 24.5. The average molecular weight is 254 g/mol. The Hall–Kier alpha value is -0.580. The molecule has 1 fully saturated rings. The van der Waals surface area contributed by atoms with Gasteiger partial charge in [0.15, 0.2) is 0 Å². The molecular formula is C13H19FN2S. The number of nitrogens with two attached hydrogens (primary N) is 1. The molecule has 0 aromatic heterocycles. The van der Waals surface area contributed by atoms with Crippen LogP contribution in [-0.4, -0.2) is 35.5 Å². The number of thioether (sulfide) groups is 1. The number of rotatable bonds is 4. The van der Waals surface area contributed by atoms with E-state index in [1.165, 1.54) is 17.9 Å². The van der Waals surface area contributed by atoms with Gasteiger partial charge in [0.2, 0.25) is 0 Å². The minimum atomic E-state index is -0.179. The highest BCUT2D eigenvalue weighted by Gasteiger charge is 2.36. The van der Waals surface area contributed by atoms with Crippen LogP contribution >= 0.6 is 11.8 Å². The summed E-state index contributed by atoms with van der Waals surface area (Å²) in [5.74, 6) is 2.10. The van der Waals surface area contributed by atoms with Crippen molar-refractivity contribution in [3.8, 4) is 0 Å². The van der Waals surface area contributed by atoms with E-state index in [-0.39, 0.29) is 11.4 Å². The molecule has 2 rings (SSSR count). The Balaban J connectivity index is 2.05. The molecule has 0 amide bonds. The maximum absolute atomic E-state index is 12.8. The molecule has 0 bridgehead atoms. The monoisotopic (exact) mass is 254 g/mol. The van der Waals surface area contributed by atoms with Crippen LogP contribution in [0.5, 0.6) is 0 Å². The number of hydrogen-bond acceptors (Lipinski definition) is 3. The average Bonchev–Trinajstić information content (AvgIpc) is 2.82. The highest BCUT2D eigenvalue weighted by Crippen LogP contribution is 2.32. The SMILES string of the molecule is CN(Cc1ccc(F)cc1)C1(CN)CCSC1. The smallest absolute Gasteiger partial charge is 0.123 e. The van der Waals surface area contributed by atoms with E-state index in [2.05, 4.69) is 11.9 Å². The molecule has 4 heteroatoms. The lowest BCUT2D eigenvalue weighted by atomic mass is 9.96. The molecule has 1 aromatic rings. The largest absolute Gasteiger partial charge is 0.329 e. The molecule has 17 heavy (non-hydrogen) atoms. The molecule has 94 valence electrons. The zero-order chi connectivity index (χ0) is 12.3. The molecule has 1 aliphatic rings. The Kier molecular flexibility index (Phi) is 4.07. The van der Waals surface area contributed by atoms with E-state index in [4.69, 9.17) is 5.73 Å². The predicted molar refractivity (Wildman–Crippen MR) is 71.6 cm³/mol. The van der Waals surface area contributed by atoms with Crippen molar-refractivity contribution in [3.63, 3.8) is 0 Å². The molecule has 1 aliphatic heterocycles. The van der Waals surface area contributed by atoms with Gasteiger partial charge in [0.25, 0.3) is 0 Å². The first-order chi connectivity index (χ1) is 8.16. The fourth-order valence-corrected chi connectivity index (χ4v) is 3.78. The third-order valence-electron chi connectivity index (χ3n) is 3.61. The summed E-state index contributed by atoms with van der Waals surface area (Å²) in [6, 6.07) is 6.72. The summed E-state index contributed by atoms with van der Waals surface area (Å²) in [4.78, 5) is 2.32. The van der Waals surface area contributed by atoms with Crippen molar-refractivity contribution in [2.24, 2.45) is 5.73 Å². The summed E-state index contributed by atoms with van der Waals surface area (Å²) in [6.07, 6.45) is 1.14. The molecule has 0 spiro atoms. The Labute approximate surface area is 106 Å². The van der Waals surface area contributed by atoms with Crippen molar-refractivity contribution < 1.29 is 4.39 Å². The minimum Gasteiger partial charge on any atom is -0.329 e. The van der Waals surface area contributed by atoms with Gasteiger partial charge in [-0.3, -0.25) is 4.90 Å². The summed E-state index contributed by atoms with van der Waals surface area (Å²) in [6.45, 7) is 1.52. The van der Waals surface area contributed by atoms with E-state index in [0.29, 0.717) is 6.54 Å². The highest BCUT2D eigenvalue weighted by molar-refractivity contribution is 7.99. The van der Waals surface area contributed by atoms with Crippen LogP contribution in [0.4, 0.5) is 4.39 Å². The molecule has 0 aliphatic carbocycles. The molecule has 1 saturated heterocycles.